The van der Waals surface area contributed by atoms with E-state index in [0.29, 0.717) is 12.4 Å². The maximum absolute atomic E-state index is 11.9. The molecule has 0 aliphatic carbocycles. The number of ether oxygens (including phenoxy) is 2. The summed E-state index contributed by atoms with van der Waals surface area (Å²) in [5.74, 6) is 0.406. The molecule has 0 bridgehead atoms. The maximum atomic E-state index is 11.9. The van der Waals surface area contributed by atoms with Crippen LogP contribution in [0, 0.1) is 0 Å². The molecule has 7 heteroatoms. The molecular weight excluding hydrogens is 448 g/mol. The Balaban J connectivity index is 1.78. The van der Waals surface area contributed by atoms with E-state index >= 15 is 0 Å². The molecule has 0 aliphatic rings. The number of benzene rings is 2. The number of rotatable bonds is 7. The lowest BCUT2D eigenvalue weighted by Crippen LogP contribution is -2.43. The van der Waals surface area contributed by atoms with E-state index in [1.165, 1.54) is 6.08 Å². The molecule has 0 saturated carbocycles. The first-order chi connectivity index (χ1) is 14.2. The average molecular weight is 475 g/mol. The van der Waals surface area contributed by atoms with Crippen LogP contribution in [-0.2, 0) is 15.0 Å². The van der Waals surface area contributed by atoms with Crippen molar-refractivity contribution in [3.8, 4) is 11.5 Å². The Morgan fingerprint density at radius 3 is 2.33 bits per heavy atom. The molecule has 0 radical (unpaired) electrons. The van der Waals surface area contributed by atoms with Crippen molar-refractivity contribution in [3.05, 3.63) is 64.1 Å². The van der Waals surface area contributed by atoms with Crippen LogP contribution in [-0.4, -0.2) is 25.0 Å². The summed E-state index contributed by atoms with van der Waals surface area (Å²) in [6.45, 7) is 8.65. The van der Waals surface area contributed by atoms with Crippen molar-refractivity contribution < 1.29 is 19.1 Å². The first-order valence-electron chi connectivity index (χ1n) is 9.61. The van der Waals surface area contributed by atoms with Crippen LogP contribution in [0.5, 0.6) is 11.5 Å². The van der Waals surface area contributed by atoms with Crippen LogP contribution in [0.25, 0.3) is 6.08 Å². The van der Waals surface area contributed by atoms with Crippen molar-refractivity contribution in [1.82, 2.24) is 10.9 Å². The summed E-state index contributed by atoms with van der Waals surface area (Å²) in [5, 5.41) is 0. The lowest BCUT2D eigenvalue weighted by atomic mass is 9.87. The fourth-order valence-corrected chi connectivity index (χ4v) is 2.94. The highest BCUT2D eigenvalue weighted by atomic mass is 79.9. The van der Waals surface area contributed by atoms with Gasteiger partial charge in [-0.25, -0.2) is 0 Å². The van der Waals surface area contributed by atoms with Crippen LogP contribution in [0.3, 0.4) is 0 Å². The van der Waals surface area contributed by atoms with E-state index in [2.05, 4.69) is 47.6 Å². The van der Waals surface area contributed by atoms with Crippen molar-refractivity contribution in [3.63, 3.8) is 0 Å². The van der Waals surface area contributed by atoms with Gasteiger partial charge in [0.15, 0.2) is 6.61 Å². The van der Waals surface area contributed by atoms with Gasteiger partial charge in [0.1, 0.15) is 11.5 Å². The third-order valence-corrected chi connectivity index (χ3v) is 4.72. The Morgan fingerprint density at radius 1 is 1.03 bits per heavy atom. The van der Waals surface area contributed by atoms with Crippen LogP contribution >= 0.6 is 15.9 Å². The first-order valence-corrected chi connectivity index (χ1v) is 10.4. The quantitative estimate of drug-likeness (QED) is 0.460. The number of hydrazine groups is 1. The van der Waals surface area contributed by atoms with Crippen molar-refractivity contribution in [2.75, 3.05) is 13.2 Å². The van der Waals surface area contributed by atoms with Gasteiger partial charge in [0.25, 0.3) is 11.8 Å². The summed E-state index contributed by atoms with van der Waals surface area (Å²) < 4.78 is 11.7. The number of halogens is 1. The summed E-state index contributed by atoms with van der Waals surface area (Å²) in [6.07, 6.45) is 2.97. The van der Waals surface area contributed by atoms with Crippen molar-refractivity contribution >= 4 is 33.8 Å². The third kappa shape index (κ3) is 7.55. The molecule has 30 heavy (non-hydrogen) atoms. The molecule has 0 atom stereocenters. The fourth-order valence-electron chi connectivity index (χ4n) is 2.45. The van der Waals surface area contributed by atoms with Crippen molar-refractivity contribution in [2.45, 2.75) is 33.1 Å². The molecule has 0 fully saturated rings. The van der Waals surface area contributed by atoms with Gasteiger partial charge in [0, 0.05) is 6.08 Å². The second kappa shape index (κ2) is 10.8. The molecule has 160 valence electrons. The van der Waals surface area contributed by atoms with Gasteiger partial charge < -0.3 is 9.47 Å². The number of nitrogens with one attached hydrogen (secondary N) is 2. The minimum Gasteiger partial charge on any atom is -0.494 e. The first kappa shape index (κ1) is 23.5. The van der Waals surface area contributed by atoms with Crippen LogP contribution in [0.15, 0.2) is 53.0 Å². The number of amides is 2. The largest absolute Gasteiger partial charge is 0.494 e. The highest BCUT2D eigenvalue weighted by molar-refractivity contribution is 9.10. The van der Waals surface area contributed by atoms with E-state index in [1.54, 1.807) is 6.08 Å². The SMILES string of the molecule is CCOc1ccc(/C=C/C(=O)NNC(=O)COc2ccc(C(C)(C)C)cc2Br)cc1. The number of carbonyl (C=O) groups is 2. The van der Waals surface area contributed by atoms with Crippen LogP contribution in [0.1, 0.15) is 38.8 Å². The smallest absolute Gasteiger partial charge is 0.276 e. The molecule has 0 heterocycles. The van der Waals surface area contributed by atoms with E-state index < -0.39 is 11.8 Å². The van der Waals surface area contributed by atoms with Crippen molar-refractivity contribution in [1.29, 1.82) is 0 Å². The molecule has 0 spiro atoms. The molecule has 2 aromatic carbocycles. The Kier molecular flexibility index (Phi) is 8.47. The van der Waals surface area contributed by atoms with E-state index in [4.69, 9.17) is 9.47 Å². The van der Waals surface area contributed by atoms with Crippen LogP contribution in [0.4, 0.5) is 0 Å². The van der Waals surface area contributed by atoms with E-state index in [0.717, 1.165) is 21.3 Å². The number of carbonyl (C=O) groups excluding carboxylic acids is 2. The molecule has 6 nitrogen and oxygen atoms in total. The Hall–Kier alpha value is -2.80. The zero-order valence-corrected chi connectivity index (χ0v) is 19.2. The van der Waals surface area contributed by atoms with Gasteiger partial charge in [0.05, 0.1) is 11.1 Å². The molecule has 2 amide bonds. The summed E-state index contributed by atoms with van der Waals surface area (Å²) in [6, 6.07) is 13.1. The molecule has 0 aromatic heterocycles. The maximum Gasteiger partial charge on any atom is 0.276 e. The predicted molar refractivity (Wildman–Crippen MR) is 121 cm³/mol. The van der Waals surface area contributed by atoms with Crippen LogP contribution in [0.2, 0.25) is 0 Å². The monoisotopic (exact) mass is 474 g/mol. The van der Waals surface area contributed by atoms with Crippen LogP contribution < -0.4 is 20.3 Å². The van der Waals surface area contributed by atoms with Gasteiger partial charge >= 0.3 is 0 Å². The summed E-state index contributed by atoms with van der Waals surface area (Å²) in [7, 11) is 0. The average Bonchev–Trinajstić information content (AvgIpc) is 2.70. The minimum absolute atomic E-state index is 0.0154. The summed E-state index contributed by atoms with van der Waals surface area (Å²) >= 11 is 3.46. The Bertz CT molecular complexity index is 902. The summed E-state index contributed by atoms with van der Waals surface area (Å²) in [4.78, 5) is 23.8. The number of hydrogen-bond donors (Lipinski definition) is 2. The van der Waals surface area contributed by atoms with E-state index in [9.17, 15) is 9.59 Å². The summed E-state index contributed by atoms with van der Waals surface area (Å²) in [5.41, 5.74) is 6.65. The zero-order chi connectivity index (χ0) is 22.1. The normalized spacial score (nSPS) is 11.2. The zero-order valence-electron chi connectivity index (χ0n) is 17.6. The fraction of sp³-hybridized carbons (Fsp3) is 0.304. The van der Waals surface area contributed by atoms with Gasteiger partial charge in [-0.1, -0.05) is 39.0 Å². The highest BCUT2D eigenvalue weighted by Crippen LogP contribution is 2.31. The van der Waals surface area contributed by atoms with Gasteiger partial charge in [-0.05, 0) is 69.7 Å². The molecular formula is C23H27BrN2O4. The second-order valence-corrected chi connectivity index (χ2v) is 8.41. The van der Waals surface area contributed by atoms with Gasteiger partial charge in [-0.15, -0.1) is 0 Å². The van der Waals surface area contributed by atoms with E-state index in [1.807, 2.05) is 49.4 Å². The van der Waals surface area contributed by atoms with Crippen molar-refractivity contribution in [2.24, 2.45) is 0 Å². The molecule has 0 saturated heterocycles. The third-order valence-electron chi connectivity index (χ3n) is 4.10. The molecule has 2 rings (SSSR count). The lowest BCUT2D eigenvalue weighted by molar-refractivity contribution is -0.128. The highest BCUT2D eigenvalue weighted by Gasteiger charge is 2.15. The second-order valence-electron chi connectivity index (χ2n) is 7.56. The van der Waals surface area contributed by atoms with Gasteiger partial charge in [0.2, 0.25) is 0 Å². The molecule has 2 aromatic rings. The standard InChI is InChI=1S/C23H27BrN2O4/c1-5-29-18-10-6-16(7-11-18)8-13-21(27)25-26-22(28)15-30-20-12-9-17(14-19(20)24)23(2,3)4/h6-14H,5,15H2,1-4H3,(H,25,27)(H,26,28)/b13-8+. The number of hydrogen-bond acceptors (Lipinski definition) is 4. The Labute approximate surface area is 185 Å². The minimum atomic E-state index is -0.468. The molecule has 0 unspecified atom stereocenters. The van der Waals surface area contributed by atoms with Gasteiger partial charge in [-0.2, -0.15) is 0 Å². The molecule has 0 aliphatic heterocycles. The Morgan fingerprint density at radius 2 is 1.73 bits per heavy atom. The van der Waals surface area contributed by atoms with Gasteiger partial charge in [-0.3, -0.25) is 20.4 Å². The topological polar surface area (TPSA) is 76.7 Å². The van der Waals surface area contributed by atoms with E-state index in [-0.39, 0.29) is 12.0 Å². The lowest BCUT2D eigenvalue weighted by Gasteiger charge is -2.20. The molecule has 2 N–H and O–H groups in total. The predicted octanol–water partition coefficient (Wildman–Crippen LogP) is 4.38.